The van der Waals surface area contributed by atoms with Crippen LogP contribution < -0.4 is 5.32 Å². The van der Waals surface area contributed by atoms with Gasteiger partial charge in [0.25, 0.3) is 0 Å². The smallest absolute Gasteiger partial charge is 0.333 e. The minimum atomic E-state index is -4.34. The van der Waals surface area contributed by atoms with E-state index >= 15 is 0 Å². The number of hydrogen-bond donors (Lipinski definition) is 1. The molecule has 1 aliphatic rings. The van der Waals surface area contributed by atoms with Crippen molar-refractivity contribution in [2.75, 3.05) is 26.7 Å². The van der Waals surface area contributed by atoms with Crippen LogP contribution in [0.3, 0.4) is 0 Å². The number of amides is 1. The Balaban J connectivity index is 2.60. The number of hydrogen-bond acceptors (Lipinski definition) is 2. The maximum Gasteiger partial charge on any atom is 0.406 e. The summed E-state index contributed by atoms with van der Waals surface area (Å²) in [6.45, 7) is 1.55. The zero-order valence-corrected chi connectivity index (χ0v) is 8.61. The second-order valence-electron chi connectivity index (χ2n) is 3.61. The number of alkyl halides is 3. The molecule has 1 fully saturated rings. The number of carbonyl (C=O) groups is 1. The third-order valence-corrected chi connectivity index (χ3v) is 2.29. The van der Waals surface area contributed by atoms with Crippen molar-refractivity contribution in [1.82, 2.24) is 10.2 Å². The molecule has 0 aliphatic carbocycles. The summed E-state index contributed by atoms with van der Waals surface area (Å²) >= 11 is 0. The van der Waals surface area contributed by atoms with Crippen molar-refractivity contribution >= 4 is 5.91 Å². The molecule has 0 aromatic carbocycles. The predicted molar refractivity (Wildman–Crippen MR) is 49.3 cm³/mol. The third kappa shape index (κ3) is 3.23. The number of carbonyl (C=O) groups excluding carboxylic acids is 1. The zero-order chi connectivity index (χ0) is 11.6. The Labute approximate surface area is 85.9 Å². The maximum atomic E-state index is 12.0. The first-order chi connectivity index (χ1) is 6.81. The SMILES string of the molecule is CC(C(=O)N(C)CC(F)(F)F)=C1CNC1. The largest absolute Gasteiger partial charge is 0.406 e. The summed E-state index contributed by atoms with van der Waals surface area (Å²) in [6.07, 6.45) is -4.34. The molecule has 0 unspecified atom stereocenters. The lowest BCUT2D eigenvalue weighted by Gasteiger charge is -2.25. The van der Waals surface area contributed by atoms with Gasteiger partial charge in [0.1, 0.15) is 6.54 Å². The minimum absolute atomic E-state index is 0.417. The molecule has 86 valence electrons. The van der Waals surface area contributed by atoms with Gasteiger partial charge in [0.05, 0.1) is 0 Å². The standard InChI is InChI=1S/C9H13F3N2O/c1-6(7-3-13-4-7)8(15)14(2)5-9(10,11)12/h13H,3-5H2,1-2H3. The van der Waals surface area contributed by atoms with Crippen LogP contribution in [0.25, 0.3) is 0 Å². The number of likely N-dealkylation sites (N-methyl/N-ethyl adjacent to an activating group) is 1. The molecular formula is C9H13F3N2O. The molecule has 1 heterocycles. The van der Waals surface area contributed by atoms with Crippen molar-refractivity contribution in [2.45, 2.75) is 13.1 Å². The molecule has 0 atom stereocenters. The van der Waals surface area contributed by atoms with Crippen molar-refractivity contribution in [1.29, 1.82) is 0 Å². The molecular weight excluding hydrogens is 209 g/mol. The van der Waals surface area contributed by atoms with Crippen molar-refractivity contribution in [3.8, 4) is 0 Å². The topological polar surface area (TPSA) is 32.3 Å². The lowest BCUT2D eigenvalue weighted by Crippen LogP contribution is -2.40. The fraction of sp³-hybridized carbons (Fsp3) is 0.667. The lowest BCUT2D eigenvalue weighted by atomic mass is 10.0. The highest BCUT2D eigenvalue weighted by atomic mass is 19.4. The van der Waals surface area contributed by atoms with Gasteiger partial charge in [-0.3, -0.25) is 4.79 Å². The summed E-state index contributed by atoms with van der Waals surface area (Å²) in [5.41, 5.74) is 1.30. The van der Waals surface area contributed by atoms with Crippen LogP contribution in [0.1, 0.15) is 6.92 Å². The van der Waals surface area contributed by atoms with E-state index in [1.54, 1.807) is 6.92 Å². The van der Waals surface area contributed by atoms with Gasteiger partial charge in [-0.05, 0) is 12.5 Å². The maximum absolute atomic E-state index is 12.0. The van der Waals surface area contributed by atoms with E-state index in [9.17, 15) is 18.0 Å². The van der Waals surface area contributed by atoms with Crippen LogP contribution >= 0.6 is 0 Å². The quantitative estimate of drug-likeness (QED) is 0.705. The average molecular weight is 222 g/mol. The van der Waals surface area contributed by atoms with Gasteiger partial charge >= 0.3 is 6.18 Å². The first kappa shape index (κ1) is 12.0. The Morgan fingerprint density at radius 3 is 2.33 bits per heavy atom. The van der Waals surface area contributed by atoms with Gasteiger partial charge in [0.15, 0.2) is 0 Å². The normalized spacial score (nSPS) is 15.9. The summed E-state index contributed by atoms with van der Waals surface area (Å²) < 4.78 is 36.0. The Kier molecular flexibility index (Phi) is 3.38. The predicted octanol–water partition coefficient (Wildman–Crippen LogP) is 0.927. The second-order valence-corrected chi connectivity index (χ2v) is 3.61. The number of rotatable bonds is 2. The molecule has 6 heteroatoms. The van der Waals surface area contributed by atoms with Crippen LogP contribution in [-0.2, 0) is 4.79 Å². The van der Waals surface area contributed by atoms with E-state index in [4.69, 9.17) is 0 Å². The van der Waals surface area contributed by atoms with Crippen molar-refractivity contribution in [3.05, 3.63) is 11.1 Å². The molecule has 1 N–H and O–H groups in total. The number of nitrogens with one attached hydrogen (secondary N) is 1. The summed E-state index contributed by atoms with van der Waals surface area (Å²) in [5.74, 6) is -0.552. The van der Waals surface area contributed by atoms with E-state index < -0.39 is 18.6 Å². The average Bonchev–Trinajstić information content (AvgIpc) is 1.96. The van der Waals surface area contributed by atoms with Crippen LogP contribution in [0.2, 0.25) is 0 Å². The van der Waals surface area contributed by atoms with E-state index in [2.05, 4.69) is 5.32 Å². The molecule has 0 radical (unpaired) electrons. The molecule has 1 rings (SSSR count). The molecule has 1 aliphatic heterocycles. The first-order valence-corrected chi connectivity index (χ1v) is 4.53. The highest BCUT2D eigenvalue weighted by Gasteiger charge is 2.32. The summed E-state index contributed by atoms with van der Waals surface area (Å²) in [4.78, 5) is 12.2. The van der Waals surface area contributed by atoms with Crippen LogP contribution in [0.4, 0.5) is 13.2 Å². The second kappa shape index (κ2) is 4.22. The molecule has 0 aromatic rings. The molecule has 3 nitrogen and oxygen atoms in total. The Bertz CT molecular complexity index is 290. The van der Waals surface area contributed by atoms with E-state index in [0.717, 1.165) is 12.6 Å². The van der Waals surface area contributed by atoms with Crippen molar-refractivity contribution < 1.29 is 18.0 Å². The van der Waals surface area contributed by atoms with Gasteiger partial charge < -0.3 is 10.2 Å². The van der Waals surface area contributed by atoms with Crippen LogP contribution in [0.15, 0.2) is 11.1 Å². The van der Waals surface area contributed by atoms with E-state index in [-0.39, 0.29) is 0 Å². The summed E-state index contributed by atoms with van der Waals surface area (Å²) in [7, 11) is 1.16. The lowest BCUT2D eigenvalue weighted by molar-refractivity contribution is -0.156. The van der Waals surface area contributed by atoms with Crippen molar-refractivity contribution in [2.24, 2.45) is 0 Å². The van der Waals surface area contributed by atoms with Crippen LogP contribution in [0, 0.1) is 0 Å². The molecule has 1 amide bonds. The highest BCUT2D eigenvalue weighted by molar-refractivity contribution is 5.93. The van der Waals surface area contributed by atoms with E-state index in [0.29, 0.717) is 23.6 Å². The van der Waals surface area contributed by atoms with Gasteiger partial charge in [-0.15, -0.1) is 0 Å². The van der Waals surface area contributed by atoms with E-state index in [1.807, 2.05) is 0 Å². The molecule has 0 saturated carbocycles. The fourth-order valence-electron chi connectivity index (χ4n) is 1.29. The van der Waals surface area contributed by atoms with Gasteiger partial charge in [0, 0.05) is 25.7 Å². The minimum Gasteiger partial charge on any atom is -0.333 e. The zero-order valence-electron chi connectivity index (χ0n) is 8.61. The molecule has 15 heavy (non-hydrogen) atoms. The highest BCUT2D eigenvalue weighted by Crippen LogP contribution is 2.18. The molecule has 0 spiro atoms. The van der Waals surface area contributed by atoms with Gasteiger partial charge in [0.2, 0.25) is 5.91 Å². The fourth-order valence-corrected chi connectivity index (χ4v) is 1.29. The van der Waals surface area contributed by atoms with Crippen LogP contribution in [0.5, 0.6) is 0 Å². The third-order valence-electron chi connectivity index (χ3n) is 2.29. The Hall–Kier alpha value is -1.04. The van der Waals surface area contributed by atoms with E-state index in [1.165, 1.54) is 0 Å². The first-order valence-electron chi connectivity index (χ1n) is 4.53. The van der Waals surface area contributed by atoms with Gasteiger partial charge in [-0.25, -0.2) is 0 Å². The number of halogens is 3. The molecule has 1 saturated heterocycles. The van der Waals surface area contributed by atoms with Crippen molar-refractivity contribution in [3.63, 3.8) is 0 Å². The Morgan fingerprint density at radius 2 is 2.00 bits per heavy atom. The molecule has 0 aromatic heterocycles. The monoisotopic (exact) mass is 222 g/mol. The summed E-state index contributed by atoms with van der Waals surface area (Å²) in [5, 5.41) is 2.93. The van der Waals surface area contributed by atoms with Gasteiger partial charge in [-0.1, -0.05) is 0 Å². The van der Waals surface area contributed by atoms with Crippen LogP contribution in [-0.4, -0.2) is 43.7 Å². The number of nitrogens with zero attached hydrogens (tertiary/aromatic N) is 1. The molecule has 0 bridgehead atoms. The summed E-state index contributed by atoms with van der Waals surface area (Å²) in [6, 6.07) is 0. The Morgan fingerprint density at radius 1 is 1.47 bits per heavy atom. The van der Waals surface area contributed by atoms with Gasteiger partial charge in [-0.2, -0.15) is 13.2 Å².